The van der Waals surface area contributed by atoms with E-state index in [0.29, 0.717) is 6.07 Å². The van der Waals surface area contributed by atoms with Crippen LogP contribution < -0.4 is 4.74 Å². The smallest absolute Gasteiger partial charge is 0.416 e. The Morgan fingerprint density at radius 2 is 2.00 bits per heavy atom. The molecule has 0 amide bonds. The number of benzene rings is 1. The summed E-state index contributed by atoms with van der Waals surface area (Å²) in [5.74, 6) is 0.865. The molecular weight excluding hydrogens is 397 g/mol. The lowest BCUT2D eigenvalue weighted by molar-refractivity contribution is -0.137. The average molecular weight is 414 g/mol. The van der Waals surface area contributed by atoms with Crippen molar-refractivity contribution in [1.29, 1.82) is 0 Å². The van der Waals surface area contributed by atoms with Crippen molar-refractivity contribution in [3.8, 4) is 18.2 Å². The number of halogens is 3. The van der Waals surface area contributed by atoms with Gasteiger partial charge in [0.2, 0.25) is 11.7 Å². The van der Waals surface area contributed by atoms with E-state index in [1.807, 2.05) is 0 Å². The molecule has 0 spiro atoms. The maximum absolute atomic E-state index is 13.1. The van der Waals surface area contributed by atoms with Gasteiger partial charge >= 0.3 is 6.18 Å². The molecule has 1 aromatic heterocycles. The van der Waals surface area contributed by atoms with Crippen LogP contribution in [0.15, 0.2) is 18.2 Å². The number of carbonyl (C=O) groups is 1. The van der Waals surface area contributed by atoms with Gasteiger partial charge in [-0.1, -0.05) is 12.0 Å². The summed E-state index contributed by atoms with van der Waals surface area (Å²) < 4.78 is 69.1. The second kappa shape index (κ2) is 7.67. The van der Waals surface area contributed by atoms with Gasteiger partial charge in [-0.15, -0.1) is 6.42 Å². The maximum Gasteiger partial charge on any atom is 0.416 e. The highest BCUT2D eigenvalue weighted by molar-refractivity contribution is 7.89. The molecule has 0 saturated heterocycles. The number of hydrogen-bond acceptors (Lipinski definition) is 5. The van der Waals surface area contributed by atoms with Gasteiger partial charge in [0.25, 0.3) is 0 Å². The zero-order chi connectivity index (χ0) is 21.3. The first kappa shape index (κ1) is 21.5. The molecule has 10 heteroatoms. The van der Waals surface area contributed by atoms with Crippen LogP contribution in [0.25, 0.3) is 0 Å². The van der Waals surface area contributed by atoms with Crippen LogP contribution in [-0.4, -0.2) is 36.8 Å². The van der Waals surface area contributed by atoms with Gasteiger partial charge in [0.05, 0.1) is 17.0 Å². The Hall–Kier alpha value is -2.80. The molecule has 0 radical (unpaired) electrons. The molecular formula is C18H17F3N2O4S. The van der Waals surface area contributed by atoms with Gasteiger partial charge in [-0.05, 0) is 24.6 Å². The van der Waals surface area contributed by atoms with E-state index in [-0.39, 0.29) is 34.9 Å². The standard InChI is InChI=1S/C18H17F3N2O4S/c1-5-8-27-17-15(11(2)22-23(17)3)16(24)14-7-6-13(18(19,20)21)9-12(14)10-28(4,25)26/h1,6-7,9H,8,10H2,2-4H3. The molecule has 2 aromatic rings. The highest BCUT2D eigenvalue weighted by Crippen LogP contribution is 2.33. The first-order valence-electron chi connectivity index (χ1n) is 7.87. The molecule has 1 heterocycles. The average Bonchev–Trinajstić information content (AvgIpc) is 2.83. The first-order chi connectivity index (χ1) is 12.8. The second-order valence-electron chi connectivity index (χ2n) is 6.15. The Balaban J connectivity index is 2.65. The molecule has 6 nitrogen and oxygen atoms in total. The summed E-state index contributed by atoms with van der Waals surface area (Å²) in [7, 11) is -2.19. The van der Waals surface area contributed by atoms with Crippen molar-refractivity contribution in [3.05, 3.63) is 46.1 Å². The summed E-state index contributed by atoms with van der Waals surface area (Å²) in [6, 6.07) is 2.36. The van der Waals surface area contributed by atoms with Gasteiger partial charge < -0.3 is 4.74 Å². The van der Waals surface area contributed by atoms with E-state index in [2.05, 4.69) is 11.0 Å². The molecule has 0 bridgehead atoms. The number of nitrogens with zero attached hydrogens (tertiary/aromatic N) is 2. The SMILES string of the molecule is C#CCOc1c(C(=O)c2ccc(C(F)(F)F)cc2CS(C)(=O)=O)c(C)nn1C. The van der Waals surface area contributed by atoms with Crippen molar-refractivity contribution in [2.45, 2.75) is 18.9 Å². The number of terminal acetylenes is 1. The summed E-state index contributed by atoms with van der Waals surface area (Å²) in [5.41, 5.74) is -1.21. The predicted octanol–water partition coefficient (Wildman–Crippen LogP) is 2.53. The predicted molar refractivity (Wildman–Crippen MR) is 95.7 cm³/mol. The molecule has 0 aliphatic carbocycles. The molecule has 28 heavy (non-hydrogen) atoms. The highest BCUT2D eigenvalue weighted by Gasteiger charge is 2.33. The van der Waals surface area contributed by atoms with Crippen molar-refractivity contribution >= 4 is 15.6 Å². The van der Waals surface area contributed by atoms with Crippen LogP contribution in [0.4, 0.5) is 13.2 Å². The van der Waals surface area contributed by atoms with E-state index in [0.717, 1.165) is 18.4 Å². The number of hydrogen-bond donors (Lipinski definition) is 0. The molecule has 0 unspecified atom stereocenters. The van der Waals surface area contributed by atoms with Crippen molar-refractivity contribution < 1.29 is 31.1 Å². The van der Waals surface area contributed by atoms with Gasteiger partial charge in [0.1, 0.15) is 5.56 Å². The van der Waals surface area contributed by atoms with E-state index in [1.165, 1.54) is 18.7 Å². The van der Waals surface area contributed by atoms with Gasteiger partial charge in [-0.3, -0.25) is 4.79 Å². The Morgan fingerprint density at radius 1 is 1.36 bits per heavy atom. The summed E-state index contributed by atoms with van der Waals surface area (Å²) in [5, 5.41) is 4.08. The maximum atomic E-state index is 13.1. The molecule has 0 aliphatic rings. The number of rotatable bonds is 6. The van der Waals surface area contributed by atoms with E-state index in [9.17, 15) is 26.4 Å². The van der Waals surface area contributed by atoms with Crippen LogP contribution >= 0.6 is 0 Å². The van der Waals surface area contributed by atoms with Gasteiger partial charge in [-0.25, -0.2) is 13.1 Å². The monoisotopic (exact) mass is 414 g/mol. The third-order valence-electron chi connectivity index (χ3n) is 3.78. The van der Waals surface area contributed by atoms with E-state index < -0.39 is 33.1 Å². The summed E-state index contributed by atoms with van der Waals surface area (Å²) in [6.45, 7) is 1.37. The van der Waals surface area contributed by atoms with Gasteiger partial charge in [0, 0.05) is 18.9 Å². The lowest BCUT2D eigenvalue weighted by atomic mass is 9.97. The zero-order valence-corrected chi connectivity index (χ0v) is 16.1. The molecule has 2 rings (SSSR count). The minimum atomic E-state index is -4.68. The molecule has 0 aliphatic heterocycles. The van der Waals surface area contributed by atoms with Crippen molar-refractivity contribution in [1.82, 2.24) is 9.78 Å². The number of ether oxygens (including phenoxy) is 1. The minimum Gasteiger partial charge on any atom is -0.464 e. The Bertz CT molecular complexity index is 1060. The van der Waals surface area contributed by atoms with Gasteiger partial charge in [-0.2, -0.15) is 18.3 Å². The van der Waals surface area contributed by atoms with Crippen LogP contribution in [0.3, 0.4) is 0 Å². The Morgan fingerprint density at radius 3 is 2.54 bits per heavy atom. The largest absolute Gasteiger partial charge is 0.464 e. The molecule has 0 N–H and O–H groups in total. The fourth-order valence-electron chi connectivity index (χ4n) is 2.70. The quantitative estimate of drug-likeness (QED) is 0.536. The number of alkyl halides is 3. The number of ketones is 1. The minimum absolute atomic E-state index is 0.00672. The number of sulfone groups is 1. The fraction of sp³-hybridized carbons (Fsp3) is 0.333. The normalized spacial score (nSPS) is 11.9. The van der Waals surface area contributed by atoms with E-state index >= 15 is 0 Å². The summed E-state index contributed by atoms with van der Waals surface area (Å²) in [6.07, 6.45) is 1.35. The summed E-state index contributed by atoms with van der Waals surface area (Å²) >= 11 is 0. The molecule has 0 atom stereocenters. The van der Waals surface area contributed by atoms with Crippen LogP contribution in [0.1, 0.15) is 32.7 Å². The van der Waals surface area contributed by atoms with Crippen molar-refractivity contribution in [2.24, 2.45) is 7.05 Å². The number of aromatic nitrogens is 2. The van der Waals surface area contributed by atoms with Crippen LogP contribution in [0.2, 0.25) is 0 Å². The lowest BCUT2D eigenvalue weighted by Crippen LogP contribution is -2.14. The van der Waals surface area contributed by atoms with Crippen molar-refractivity contribution in [2.75, 3.05) is 12.9 Å². The Labute approximate surface area is 160 Å². The first-order valence-corrected chi connectivity index (χ1v) is 9.93. The second-order valence-corrected chi connectivity index (χ2v) is 8.29. The van der Waals surface area contributed by atoms with Gasteiger partial charge in [0.15, 0.2) is 16.4 Å². The molecule has 1 aromatic carbocycles. The topological polar surface area (TPSA) is 78.3 Å². The molecule has 0 saturated carbocycles. The summed E-state index contributed by atoms with van der Waals surface area (Å²) in [4.78, 5) is 13.1. The number of aryl methyl sites for hydroxylation is 2. The van der Waals surface area contributed by atoms with Crippen molar-refractivity contribution in [3.63, 3.8) is 0 Å². The zero-order valence-electron chi connectivity index (χ0n) is 15.3. The molecule has 0 fully saturated rings. The van der Waals surface area contributed by atoms with Crippen LogP contribution in [-0.2, 0) is 28.8 Å². The van der Waals surface area contributed by atoms with Crippen LogP contribution in [0, 0.1) is 19.3 Å². The molecule has 150 valence electrons. The third kappa shape index (κ3) is 4.72. The van der Waals surface area contributed by atoms with E-state index in [1.54, 1.807) is 0 Å². The Kier molecular flexibility index (Phi) is 5.89. The highest BCUT2D eigenvalue weighted by atomic mass is 32.2. The van der Waals surface area contributed by atoms with E-state index in [4.69, 9.17) is 11.2 Å². The third-order valence-corrected chi connectivity index (χ3v) is 4.62. The lowest BCUT2D eigenvalue weighted by Gasteiger charge is -2.13. The van der Waals surface area contributed by atoms with Crippen LogP contribution in [0.5, 0.6) is 5.88 Å². The number of carbonyl (C=O) groups excluding carboxylic acids is 1. The fourth-order valence-corrected chi connectivity index (χ4v) is 3.51.